The van der Waals surface area contributed by atoms with Gasteiger partial charge in [-0.05, 0) is 26.2 Å². The number of rotatable bonds is 6. The van der Waals surface area contributed by atoms with Crippen LogP contribution in [0.15, 0.2) is 5.38 Å². The van der Waals surface area contributed by atoms with Crippen molar-refractivity contribution < 1.29 is 4.79 Å². The van der Waals surface area contributed by atoms with Crippen LogP contribution in [0.3, 0.4) is 0 Å². The van der Waals surface area contributed by atoms with E-state index in [1.54, 1.807) is 11.3 Å². The van der Waals surface area contributed by atoms with E-state index < -0.39 is 0 Å². The number of hydrogen-bond donors (Lipinski definition) is 0. The minimum Gasteiger partial charge on any atom is -0.300 e. The van der Waals surface area contributed by atoms with Gasteiger partial charge in [-0.1, -0.05) is 6.92 Å². The van der Waals surface area contributed by atoms with E-state index in [1.807, 2.05) is 13.8 Å². The summed E-state index contributed by atoms with van der Waals surface area (Å²) in [5, 5.41) is 3.22. The van der Waals surface area contributed by atoms with Crippen LogP contribution in [0.4, 0.5) is 0 Å². The molecular weight excluding hydrogens is 194 g/mol. The van der Waals surface area contributed by atoms with Gasteiger partial charge in [-0.2, -0.15) is 0 Å². The monoisotopic (exact) mass is 211 g/mol. The fourth-order valence-electron chi connectivity index (χ4n) is 1.36. The predicted molar refractivity (Wildman–Crippen MR) is 59.7 cm³/mol. The van der Waals surface area contributed by atoms with E-state index in [4.69, 9.17) is 0 Å². The zero-order valence-corrected chi connectivity index (χ0v) is 9.69. The second-order valence-electron chi connectivity index (χ2n) is 3.52. The maximum atomic E-state index is 11.2. The lowest BCUT2D eigenvalue weighted by Crippen LogP contribution is -1.97. The third-order valence-electron chi connectivity index (χ3n) is 2.04. The third-order valence-corrected chi connectivity index (χ3v) is 3.07. The van der Waals surface area contributed by atoms with E-state index in [0.717, 1.165) is 36.4 Å². The van der Waals surface area contributed by atoms with Crippen molar-refractivity contribution >= 4 is 17.1 Å². The number of carbonyl (C=O) groups excluding carboxylic acids is 1. The number of hydrogen-bond acceptors (Lipinski definition) is 3. The van der Waals surface area contributed by atoms with Gasteiger partial charge in [0.15, 0.2) is 0 Å². The molecule has 0 aromatic carbocycles. The SMILES string of the molecule is CCCC(=O)CCCc1nc(C)cs1. The van der Waals surface area contributed by atoms with Gasteiger partial charge < -0.3 is 0 Å². The summed E-state index contributed by atoms with van der Waals surface area (Å²) < 4.78 is 0. The second-order valence-corrected chi connectivity index (χ2v) is 4.47. The van der Waals surface area contributed by atoms with Crippen molar-refractivity contribution in [3.8, 4) is 0 Å². The van der Waals surface area contributed by atoms with Crippen LogP contribution in [-0.2, 0) is 11.2 Å². The molecule has 14 heavy (non-hydrogen) atoms. The number of aromatic nitrogens is 1. The van der Waals surface area contributed by atoms with E-state index in [0.29, 0.717) is 12.2 Å². The van der Waals surface area contributed by atoms with Crippen LogP contribution in [0.5, 0.6) is 0 Å². The van der Waals surface area contributed by atoms with Gasteiger partial charge in [-0.15, -0.1) is 11.3 Å². The Kier molecular flexibility index (Phi) is 4.80. The van der Waals surface area contributed by atoms with Gasteiger partial charge in [0, 0.05) is 23.9 Å². The summed E-state index contributed by atoms with van der Waals surface area (Å²) in [7, 11) is 0. The molecule has 1 aromatic rings. The third kappa shape index (κ3) is 4.01. The Hall–Kier alpha value is -0.700. The molecule has 1 rings (SSSR count). The number of ketones is 1. The highest BCUT2D eigenvalue weighted by molar-refractivity contribution is 7.09. The molecule has 3 heteroatoms. The standard InChI is InChI=1S/C11H17NOS/c1-3-5-10(13)6-4-7-11-12-9(2)8-14-11/h8H,3-7H2,1-2H3. The smallest absolute Gasteiger partial charge is 0.132 e. The van der Waals surface area contributed by atoms with Crippen molar-refractivity contribution in [3.05, 3.63) is 16.1 Å². The van der Waals surface area contributed by atoms with Crippen LogP contribution in [0.25, 0.3) is 0 Å². The molecule has 0 amide bonds. The van der Waals surface area contributed by atoms with E-state index >= 15 is 0 Å². The highest BCUT2D eigenvalue weighted by atomic mass is 32.1. The Morgan fingerprint density at radius 2 is 2.29 bits per heavy atom. The molecule has 0 aliphatic carbocycles. The van der Waals surface area contributed by atoms with Crippen molar-refractivity contribution in [2.45, 2.75) is 46.0 Å². The van der Waals surface area contributed by atoms with E-state index in [-0.39, 0.29) is 0 Å². The summed E-state index contributed by atoms with van der Waals surface area (Å²) in [6.07, 6.45) is 4.32. The predicted octanol–water partition coefficient (Wildman–Crippen LogP) is 3.14. The molecular formula is C11H17NOS. The highest BCUT2D eigenvalue weighted by Gasteiger charge is 2.02. The number of thiazole rings is 1. The molecule has 0 radical (unpaired) electrons. The fraction of sp³-hybridized carbons (Fsp3) is 0.636. The van der Waals surface area contributed by atoms with Crippen molar-refractivity contribution in [2.75, 3.05) is 0 Å². The van der Waals surface area contributed by atoms with Gasteiger partial charge in [0.1, 0.15) is 5.78 Å². The fourth-order valence-corrected chi connectivity index (χ4v) is 2.18. The first-order valence-electron chi connectivity index (χ1n) is 5.15. The molecule has 0 spiro atoms. The van der Waals surface area contributed by atoms with Gasteiger partial charge >= 0.3 is 0 Å². The van der Waals surface area contributed by atoms with Gasteiger partial charge in [0.05, 0.1) is 5.01 Å². The zero-order valence-electron chi connectivity index (χ0n) is 8.88. The molecule has 0 saturated carbocycles. The quantitative estimate of drug-likeness (QED) is 0.723. The lowest BCUT2D eigenvalue weighted by molar-refractivity contribution is -0.119. The Bertz CT molecular complexity index is 293. The topological polar surface area (TPSA) is 30.0 Å². The summed E-state index contributed by atoms with van der Waals surface area (Å²) in [5.74, 6) is 0.390. The summed E-state index contributed by atoms with van der Waals surface area (Å²) in [5.41, 5.74) is 1.09. The normalized spacial score (nSPS) is 10.4. The van der Waals surface area contributed by atoms with E-state index in [9.17, 15) is 4.79 Å². The summed E-state index contributed by atoms with van der Waals surface area (Å²) in [4.78, 5) is 15.6. The van der Waals surface area contributed by atoms with Crippen LogP contribution in [0.1, 0.15) is 43.3 Å². The Morgan fingerprint density at radius 3 is 2.86 bits per heavy atom. The first-order valence-corrected chi connectivity index (χ1v) is 6.03. The zero-order chi connectivity index (χ0) is 10.4. The van der Waals surface area contributed by atoms with Gasteiger partial charge in [-0.3, -0.25) is 4.79 Å². The summed E-state index contributed by atoms with van der Waals surface area (Å²) in [6.45, 7) is 4.05. The summed E-state index contributed by atoms with van der Waals surface area (Å²) in [6, 6.07) is 0. The van der Waals surface area contributed by atoms with Crippen molar-refractivity contribution in [3.63, 3.8) is 0 Å². The molecule has 0 fully saturated rings. The molecule has 2 nitrogen and oxygen atoms in total. The lowest BCUT2D eigenvalue weighted by Gasteiger charge is -1.97. The molecule has 0 aliphatic rings. The van der Waals surface area contributed by atoms with Crippen LogP contribution in [0.2, 0.25) is 0 Å². The number of nitrogens with zero attached hydrogens (tertiary/aromatic N) is 1. The molecule has 0 unspecified atom stereocenters. The van der Waals surface area contributed by atoms with Crippen LogP contribution in [-0.4, -0.2) is 10.8 Å². The number of carbonyl (C=O) groups is 1. The molecule has 0 aliphatic heterocycles. The van der Waals surface area contributed by atoms with Crippen LogP contribution in [0, 0.1) is 6.92 Å². The molecule has 1 aromatic heterocycles. The van der Waals surface area contributed by atoms with Gasteiger partial charge in [0.25, 0.3) is 0 Å². The molecule has 0 N–H and O–H groups in total. The Morgan fingerprint density at radius 1 is 1.50 bits per heavy atom. The largest absolute Gasteiger partial charge is 0.300 e. The average molecular weight is 211 g/mol. The maximum Gasteiger partial charge on any atom is 0.132 e. The first-order chi connectivity index (χ1) is 6.72. The molecule has 1 heterocycles. The number of Topliss-reactive ketones (excluding diaryl/α,β-unsaturated/α-hetero) is 1. The van der Waals surface area contributed by atoms with E-state index in [2.05, 4.69) is 10.4 Å². The van der Waals surface area contributed by atoms with Crippen LogP contribution >= 0.6 is 11.3 Å². The van der Waals surface area contributed by atoms with Gasteiger partial charge in [-0.25, -0.2) is 4.98 Å². The minimum absolute atomic E-state index is 0.390. The second kappa shape index (κ2) is 5.91. The molecule has 0 bridgehead atoms. The van der Waals surface area contributed by atoms with Crippen molar-refractivity contribution in [1.29, 1.82) is 0 Å². The average Bonchev–Trinajstić information content (AvgIpc) is 2.52. The van der Waals surface area contributed by atoms with Crippen molar-refractivity contribution in [2.24, 2.45) is 0 Å². The van der Waals surface area contributed by atoms with E-state index in [1.165, 1.54) is 0 Å². The Balaban J connectivity index is 2.18. The van der Waals surface area contributed by atoms with Gasteiger partial charge in [0.2, 0.25) is 0 Å². The first kappa shape index (κ1) is 11.4. The minimum atomic E-state index is 0.390. The lowest BCUT2D eigenvalue weighted by atomic mass is 10.1. The summed E-state index contributed by atoms with van der Waals surface area (Å²) >= 11 is 1.69. The van der Waals surface area contributed by atoms with Crippen LogP contribution < -0.4 is 0 Å². The number of aryl methyl sites for hydroxylation is 2. The molecule has 78 valence electrons. The molecule has 0 atom stereocenters. The highest BCUT2D eigenvalue weighted by Crippen LogP contribution is 2.12. The Labute approximate surface area is 89.4 Å². The van der Waals surface area contributed by atoms with Crippen molar-refractivity contribution in [1.82, 2.24) is 4.98 Å². The molecule has 0 saturated heterocycles. The maximum absolute atomic E-state index is 11.2.